The van der Waals surface area contributed by atoms with Gasteiger partial charge in [0.15, 0.2) is 0 Å². The number of nitrogens with one attached hydrogen (secondary N) is 1. The summed E-state index contributed by atoms with van der Waals surface area (Å²) in [6.07, 6.45) is 0. The summed E-state index contributed by atoms with van der Waals surface area (Å²) in [6.45, 7) is 4.71. The highest BCUT2D eigenvalue weighted by molar-refractivity contribution is 9.10. The van der Waals surface area contributed by atoms with Gasteiger partial charge in [-0.1, -0.05) is 53.2 Å². The molecule has 2 aromatic rings. The Morgan fingerprint density at radius 1 is 1.10 bits per heavy atom. The molecule has 1 saturated heterocycles. The van der Waals surface area contributed by atoms with Gasteiger partial charge >= 0.3 is 0 Å². The van der Waals surface area contributed by atoms with Crippen LogP contribution in [-0.2, 0) is 14.8 Å². The number of piperazine rings is 1. The second-order valence-corrected chi connectivity index (χ2v) is 10.0. The van der Waals surface area contributed by atoms with Gasteiger partial charge in [0, 0.05) is 37.2 Å². The summed E-state index contributed by atoms with van der Waals surface area (Å²) in [5, 5.41) is 3.21. The molecule has 1 fully saturated rings. The van der Waals surface area contributed by atoms with Crippen LogP contribution in [0.5, 0.6) is 0 Å². The first kappa shape index (κ1) is 22.0. The third kappa shape index (κ3) is 5.66. The lowest BCUT2D eigenvalue weighted by molar-refractivity contribution is -0.132. The maximum absolute atomic E-state index is 13.4. The van der Waals surface area contributed by atoms with E-state index in [1.807, 2.05) is 37.3 Å². The highest BCUT2D eigenvalue weighted by Gasteiger charge is 2.30. The molecule has 3 rings (SSSR count). The van der Waals surface area contributed by atoms with E-state index in [1.54, 1.807) is 29.2 Å². The normalized spacial score (nSPS) is 16.0. The minimum atomic E-state index is -3.81. The van der Waals surface area contributed by atoms with E-state index in [-0.39, 0.29) is 29.8 Å². The van der Waals surface area contributed by atoms with Crippen LogP contribution in [0.1, 0.15) is 18.4 Å². The summed E-state index contributed by atoms with van der Waals surface area (Å²) in [7, 11) is -3.81. The molecule has 0 radical (unpaired) electrons. The molecule has 0 spiro atoms. The smallest absolute Gasteiger partial charge is 0.243 e. The van der Waals surface area contributed by atoms with E-state index in [0.717, 1.165) is 23.1 Å². The van der Waals surface area contributed by atoms with Crippen molar-refractivity contribution in [1.29, 1.82) is 0 Å². The number of carbonyl (C=O) groups is 1. The van der Waals surface area contributed by atoms with Crippen LogP contribution in [0.15, 0.2) is 64.0 Å². The number of amides is 1. The molecule has 29 heavy (non-hydrogen) atoms. The van der Waals surface area contributed by atoms with Gasteiger partial charge in [0.2, 0.25) is 15.9 Å². The Bertz CT molecular complexity index is 914. The molecule has 0 saturated carbocycles. The Morgan fingerprint density at radius 3 is 2.34 bits per heavy atom. The summed E-state index contributed by atoms with van der Waals surface area (Å²) in [5.41, 5.74) is 1.04. The number of carbonyl (C=O) groups excluding carboxylic acids is 1. The van der Waals surface area contributed by atoms with Crippen LogP contribution in [0.25, 0.3) is 0 Å². The van der Waals surface area contributed by atoms with Crippen LogP contribution >= 0.6 is 15.9 Å². The summed E-state index contributed by atoms with van der Waals surface area (Å²) in [6, 6.07) is 16.3. The van der Waals surface area contributed by atoms with Crippen molar-refractivity contribution in [2.24, 2.45) is 0 Å². The number of halogens is 1. The van der Waals surface area contributed by atoms with Gasteiger partial charge in [-0.3, -0.25) is 4.79 Å². The van der Waals surface area contributed by atoms with Crippen molar-refractivity contribution in [2.45, 2.75) is 17.7 Å². The topological polar surface area (TPSA) is 69.7 Å². The summed E-state index contributed by atoms with van der Waals surface area (Å²) >= 11 is 3.34. The Hall–Kier alpha value is -1.74. The van der Waals surface area contributed by atoms with Crippen LogP contribution in [0.3, 0.4) is 0 Å². The SMILES string of the molecule is C[C@H](CN(CC(=O)N1CCNCC1)S(=O)(=O)c1ccc(Br)cc1)c1ccccc1. The standard InChI is InChI=1S/C21H26BrN3O3S/c1-17(18-5-3-2-4-6-18)15-25(16-21(26)24-13-11-23-12-14-24)29(27,28)20-9-7-19(22)8-10-20/h2-10,17,23H,11-16H2,1H3/t17-/m1/s1. The predicted octanol–water partition coefficient (Wildman–Crippen LogP) is 2.68. The van der Waals surface area contributed by atoms with Gasteiger partial charge in [0.25, 0.3) is 0 Å². The number of hydrogen-bond donors (Lipinski definition) is 1. The maximum Gasteiger partial charge on any atom is 0.243 e. The molecule has 1 amide bonds. The zero-order chi connectivity index (χ0) is 20.9. The Balaban J connectivity index is 1.85. The molecule has 0 bridgehead atoms. The second kappa shape index (κ2) is 9.84. The monoisotopic (exact) mass is 479 g/mol. The van der Waals surface area contributed by atoms with Crippen molar-refractivity contribution < 1.29 is 13.2 Å². The molecule has 1 N–H and O–H groups in total. The molecule has 1 heterocycles. The van der Waals surface area contributed by atoms with E-state index in [9.17, 15) is 13.2 Å². The molecule has 6 nitrogen and oxygen atoms in total. The number of sulfonamides is 1. The maximum atomic E-state index is 13.4. The third-order valence-electron chi connectivity index (χ3n) is 5.08. The number of nitrogens with zero attached hydrogens (tertiary/aromatic N) is 2. The fraction of sp³-hybridized carbons (Fsp3) is 0.381. The molecule has 156 valence electrons. The Labute approximate surface area is 181 Å². The van der Waals surface area contributed by atoms with Crippen molar-refractivity contribution in [3.63, 3.8) is 0 Å². The largest absolute Gasteiger partial charge is 0.339 e. The molecule has 0 aromatic heterocycles. The van der Waals surface area contributed by atoms with Crippen molar-refractivity contribution in [3.8, 4) is 0 Å². The average molecular weight is 480 g/mol. The van der Waals surface area contributed by atoms with Gasteiger partial charge in [0.05, 0.1) is 11.4 Å². The van der Waals surface area contributed by atoms with Crippen LogP contribution in [0, 0.1) is 0 Å². The lowest BCUT2D eigenvalue weighted by Gasteiger charge is -2.31. The van der Waals surface area contributed by atoms with Gasteiger partial charge in [-0.25, -0.2) is 8.42 Å². The van der Waals surface area contributed by atoms with Gasteiger partial charge in [-0.2, -0.15) is 4.31 Å². The lowest BCUT2D eigenvalue weighted by Crippen LogP contribution is -2.50. The quantitative estimate of drug-likeness (QED) is 0.662. The molecule has 8 heteroatoms. The van der Waals surface area contributed by atoms with E-state index in [1.165, 1.54) is 4.31 Å². The molecular weight excluding hydrogens is 454 g/mol. The van der Waals surface area contributed by atoms with Crippen molar-refractivity contribution in [2.75, 3.05) is 39.3 Å². The average Bonchev–Trinajstić information content (AvgIpc) is 2.74. The van der Waals surface area contributed by atoms with E-state index in [2.05, 4.69) is 21.2 Å². The minimum absolute atomic E-state index is 0.0442. The number of rotatable bonds is 7. The summed E-state index contributed by atoms with van der Waals surface area (Å²) < 4.78 is 28.8. The van der Waals surface area contributed by atoms with E-state index >= 15 is 0 Å². The highest BCUT2D eigenvalue weighted by atomic mass is 79.9. The van der Waals surface area contributed by atoms with Crippen molar-refractivity contribution in [3.05, 3.63) is 64.6 Å². The number of hydrogen-bond acceptors (Lipinski definition) is 4. The fourth-order valence-electron chi connectivity index (χ4n) is 3.36. The zero-order valence-corrected chi connectivity index (χ0v) is 18.8. The minimum Gasteiger partial charge on any atom is -0.339 e. The van der Waals surface area contributed by atoms with Crippen LogP contribution in [-0.4, -0.2) is 62.8 Å². The van der Waals surface area contributed by atoms with E-state index < -0.39 is 10.0 Å². The molecule has 2 aromatic carbocycles. The molecule has 0 aliphatic carbocycles. The van der Waals surface area contributed by atoms with Gasteiger partial charge < -0.3 is 10.2 Å². The van der Waals surface area contributed by atoms with Crippen molar-refractivity contribution >= 4 is 31.9 Å². The Kier molecular flexibility index (Phi) is 7.45. The second-order valence-electron chi connectivity index (χ2n) is 7.19. The van der Waals surface area contributed by atoms with E-state index in [0.29, 0.717) is 13.1 Å². The molecule has 1 aliphatic rings. The van der Waals surface area contributed by atoms with Crippen LogP contribution in [0.2, 0.25) is 0 Å². The van der Waals surface area contributed by atoms with Gasteiger partial charge in [-0.05, 0) is 35.7 Å². The zero-order valence-electron chi connectivity index (χ0n) is 16.4. The molecule has 1 aliphatic heterocycles. The third-order valence-corrected chi connectivity index (χ3v) is 7.43. The summed E-state index contributed by atoms with van der Waals surface area (Å²) in [5.74, 6) is -0.204. The molecule has 1 atom stereocenters. The molecule has 0 unspecified atom stereocenters. The van der Waals surface area contributed by atoms with Crippen molar-refractivity contribution in [1.82, 2.24) is 14.5 Å². The first-order chi connectivity index (χ1) is 13.9. The van der Waals surface area contributed by atoms with Gasteiger partial charge in [0.1, 0.15) is 0 Å². The molecular formula is C21H26BrN3O3S. The van der Waals surface area contributed by atoms with Crippen LogP contribution in [0.4, 0.5) is 0 Å². The Morgan fingerprint density at radius 2 is 1.72 bits per heavy atom. The first-order valence-corrected chi connectivity index (χ1v) is 11.9. The fourth-order valence-corrected chi connectivity index (χ4v) is 5.10. The van der Waals surface area contributed by atoms with Gasteiger partial charge in [-0.15, -0.1) is 0 Å². The van der Waals surface area contributed by atoms with Crippen LogP contribution < -0.4 is 5.32 Å². The first-order valence-electron chi connectivity index (χ1n) is 9.67. The predicted molar refractivity (Wildman–Crippen MR) is 117 cm³/mol. The number of benzene rings is 2. The highest BCUT2D eigenvalue weighted by Crippen LogP contribution is 2.23. The lowest BCUT2D eigenvalue weighted by atomic mass is 10.0. The van der Waals surface area contributed by atoms with E-state index in [4.69, 9.17) is 0 Å². The summed E-state index contributed by atoms with van der Waals surface area (Å²) in [4.78, 5) is 14.8.